The number of hydrogen-bond acceptors (Lipinski definition) is 6. The SMILES string of the molecule is COC[C@@H](C)N[C@H]1CC[C@H](Nc2cc(-c3cccc(NCC4(OC)CC4)c3)c(F)cn2)CC1. The molecule has 0 unspecified atom stereocenters. The molecule has 0 bridgehead atoms. The summed E-state index contributed by atoms with van der Waals surface area (Å²) >= 11 is 0. The van der Waals surface area contributed by atoms with Crippen molar-refractivity contribution in [2.24, 2.45) is 0 Å². The number of nitrogens with one attached hydrogen (secondary N) is 3. The number of ether oxygens (including phenoxy) is 2. The van der Waals surface area contributed by atoms with E-state index < -0.39 is 0 Å². The van der Waals surface area contributed by atoms with Gasteiger partial charge in [-0.15, -0.1) is 0 Å². The molecule has 1 aromatic heterocycles. The van der Waals surface area contributed by atoms with Crippen LogP contribution in [-0.4, -0.2) is 56.1 Å². The highest BCUT2D eigenvalue weighted by Gasteiger charge is 2.42. The predicted octanol–water partition coefficient (Wildman–Crippen LogP) is 4.83. The summed E-state index contributed by atoms with van der Waals surface area (Å²) in [6, 6.07) is 11.0. The Morgan fingerprint density at radius 3 is 2.58 bits per heavy atom. The highest BCUT2D eigenvalue weighted by molar-refractivity contribution is 5.70. The zero-order chi connectivity index (χ0) is 23.3. The van der Waals surface area contributed by atoms with Crippen LogP contribution in [0.4, 0.5) is 15.9 Å². The van der Waals surface area contributed by atoms with E-state index in [9.17, 15) is 4.39 Å². The topological polar surface area (TPSA) is 67.4 Å². The molecule has 0 radical (unpaired) electrons. The molecular formula is C26H37FN4O2. The largest absolute Gasteiger partial charge is 0.383 e. The Hall–Kier alpha value is -2.22. The van der Waals surface area contributed by atoms with Crippen LogP contribution in [0.1, 0.15) is 45.4 Å². The van der Waals surface area contributed by atoms with Gasteiger partial charge in [-0.05, 0) is 69.2 Å². The van der Waals surface area contributed by atoms with Crippen molar-refractivity contribution in [3.63, 3.8) is 0 Å². The normalized spacial score (nSPS) is 22.5. The fourth-order valence-electron chi connectivity index (χ4n) is 4.71. The lowest BCUT2D eigenvalue weighted by Crippen LogP contribution is -2.42. The van der Waals surface area contributed by atoms with E-state index in [1.807, 2.05) is 30.3 Å². The fourth-order valence-corrected chi connectivity index (χ4v) is 4.71. The van der Waals surface area contributed by atoms with E-state index in [1.165, 1.54) is 6.20 Å². The van der Waals surface area contributed by atoms with Crippen LogP contribution in [0.15, 0.2) is 36.5 Å². The predicted molar refractivity (Wildman–Crippen MR) is 131 cm³/mol. The average molecular weight is 457 g/mol. The quantitative estimate of drug-likeness (QED) is 0.450. The maximum absolute atomic E-state index is 14.7. The molecule has 7 heteroatoms. The van der Waals surface area contributed by atoms with Crippen LogP contribution >= 0.6 is 0 Å². The number of benzene rings is 1. The summed E-state index contributed by atoms with van der Waals surface area (Å²) in [5.41, 5.74) is 2.33. The van der Waals surface area contributed by atoms with Gasteiger partial charge in [-0.25, -0.2) is 9.37 Å². The van der Waals surface area contributed by atoms with Crippen molar-refractivity contribution in [3.05, 3.63) is 42.3 Å². The van der Waals surface area contributed by atoms with Crippen LogP contribution in [0, 0.1) is 5.82 Å². The minimum absolute atomic E-state index is 0.0364. The van der Waals surface area contributed by atoms with E-state index in [0.29, 0.717) is 23.7 Å². The molecule has 4 rings (SSSR count). The van der Waals surface area contributed by atoms with Crippen LogP contribution in [0.25, 0.3) is 11.1 Å². The van der Waals surface area contributed by atoms with Crippen LogP contribution < -0.4 is 16.0 Å². The van der Waals surface area contributed by atoms with Crippen molar-refractivity contribution in [2.75, 3.05) is 38.0 Å². The third-order valence-electron chi connectivity index (χ3n) is 6.90. The van der Waals surface area contributed by atoms with Gasteiger partial charge in [-0.3, -0.25) is 0 Å². The molecule has 1 atom stereocenters. The first kappa shape index (κ1) is 23.9. The van der Waals surface area contributed by atoms with E-state index in [4.69, 9.17) is 9.47 Å². The molecule has 2 aliphatic carbocycles. The minimum atomic E-state index is -0.312. The summed E-state index contributed by atoms with van der Waals surface area (Å²) in [5, 5.41) is 10.6. The van der Waals surface area contributed by atoms with E-state index >= 15 is 0 Å². The number of nitrogens with zero attached hydrogens (tertiary/aromatic N) is 1. The molecule has 2 fully saturated rings. The second-order valence-electron chi connectivity index (χ2n) is 9.59. The first-order valence-electron chi connectivity index (χ1n) is 12.1. The average Bonchev–Trinajstić information content (AvgIpc) is 3.61. The van der Waals surface area contributed by atoms with Crippen molar-refractivity contribution in [1.29, 1.82) is 0 Å². The van der Waals surface area contributed by atoms with Crippen molar-refractivity contribution in [3.8, 4) is 11.1 Å². The van der Waals surface area contributed by atoms with Crippen molar-refractivity contribution in [1.82, 2.24) is 10.3 Å². The number of methoxy groups -OCH3 is 2. The number of halogens is 1. The van der Waals surface area contributed by atoms with Gasteiger partial charge in [0.25, 0.3) is 0 Å². The third-order valence-corrected chi connectivity index (χ3v) is 6.90. The lowest BCUT2D eigenvalue weighted by Gasteiger charge is -2.31. The summed E-state index contributed by atoms with van der Waals surface area (Å²) < 4.78 is 25.5. The second kappa shape index (κ2) is 10.8. The minimum Gasteiger partial charge on any atom is -0.383 e. The number of pyridine rings is 1. The molecule has 2 aliphatic rings. The van der Waals surface area contributed by atoms with E-state index in [1.54, 1.807) is 14.2 Å². The molecule has 0 spiro atoms. The molecule has 33 heavy (non-hydrogen) atoms. The molecule has 0 amide bonds. The third kappa shape index (κ3) is 6.43. The first-order chi connectivity index (χ1) is 16.0. The highest BCUT2D eigenvalue weighted by atomic mass is 19.1. The van der Waals surface area contributed by atoms with Crippen LogP contribution in [-0.2, 0) is 9.47 Å². The Balaban J connectivity index is 1.36. The van der Waals surface area contributed by atoms with Crippen LogP contribution in [0.5, 0.6) is 0 Å². The van der Waals surface area contributed by atoms with Gasteiger partial charge < -0.3 is 25.4 Å². The Bertz CT molecular complexity index is 913. The smallest absolute Gasteiger partial charge is 0.149 e. The lowest BCUT2D eigenvalue weighted by atomic mass is 9.90. The fraction of sp³-hybridized carbons (Fsp3) is 0.577. The monoisotopic (exact) mass is 456 g/mol. The van der Waals surface area contributed by atoms with Gasteiger partial charge in [0.2, 0.25) is 0 Å². The van der Waals surface area contributed by atoms with Gasteiger partial charge in [0.05, 0.1) is 18.4 Å². The zero-order valence-electron chi connectivity index (χ0n) is 20.0. The van der Waals surface area contributed by atoms with Gasteiger partial charge >= 0.3 is 0 Å². The Morgan fingerprint density at radius 1 is 1.12 bits per heavy atom. The number of anilines is 2. The highest BCUT2D eigenvalue weighted by Crippen LogP contribution is 2.39. The number of rotatable bonds is 11. The molecule has 1 aromatic carbocycles. The van der Waals surface area contributed by atoms with Gasteiger partial charge in [0, 0.05) is 50.1 Å². The molecule has 3 N–H and O–H groups in total. The van der Waals surface area contributed by atoms with Crippen molar-refractivity contribution < 1.29 is 13.9 Å². The Labute approximate surface area is 196 Å². The maximum Gasteiger partial charge on any atom is 0.149 e. The zero-order valence-corrected chi connectivity index (χ0v) is 20.0. The molecule has 2 aromatic rings. The van der Waals surface area contributed by atoms with E-state index in [-0.39, 0.29) is 11.4 Å². The van der Waals surface area contributed by atoms with Crippen LogP contribution in [0.3, 0.4) is 0 Å². The maximum atomic E-state index is 14.7. The van der Waals surface area contributed by atoms with Crippen molar-refractivity contribution >= 4 is 11.5 Å². The summed E-state index contributed by atoms with van der Waals surface area (Å²) in [5.74, 6) is 0.415. The summed E-state index contributed by atoms with van der Waals surface area (Å²) in [6.45, 7) is 3.65. The van der Waals surface area contributed by atoms with Gasteiger partial charge in [0.15, 0.2) is 0 Å². The molecule has 2 saturated carbocycles. The Kier molecular flexibility index (Phi) is 7.83. The van der Waals surface area contributed by atoms with E-state index in [0.717, 1.165) is 68.7 Å². The first-order valence-corrected chi connectivity index (χ1v) is 12.1. The number of hydrogen-bond donors (Lipinski definition) is 3. The molecule has 6 nitrogen and oxygen atoms in total. The molecular weight excluding hydrogens is 419 g/mol. The Morgan fingerprint density at radius 2 is 1.88 bits per heavy atom. The van der Waals surface area contributed by atoms with Gasteiger partial charge in [-0.2, -0.15) is 0 Å². The van der Waals surface area contributed by atoms with Crippen molar-refractivity contribution in [2.45, 2.75) is 69.2 Å². The van der Waals surface area contributed by atoms with Gasteiger partial charge in [-0.1, -0.05) is 12.1 Å². The standard InChI is InChI=1S/C26H37FN4O2/c1-18(16-32-2)30-20-7-9-21(10-8-20)31-25-14-23(24(27)15-28-25)19-5-4-6-22(13-19)29-17-26(33-3)11-12-26/h4-6,13-15,18,20-21,29-30H,7-12,16-17H2,1-3H3,(H,28,31)/t18-,20-,21-/m1/s1. The molecule has 1 heterocycles. The summed E-state index contributed by atoms with van der Waals surface area (Å²) in [6.07, 6.45) is 7.82. The summed E-state index contributed by atoms with van der Waals surface area (Å²) in [4.78, 5) is 4.31. The van der Waals surface area contributed by atoms with E-state index in [2.05, 4.69) is 27.9 Å². The summed E-state index contributed by atoms with van der Waals surface area (Å²) in [7, 11) is 3.50. The van der Waals surface area contributed by atoms with Crippen LogP contribution in [0.2, 0.25) is 0 Å². The molecule has 180 valence electrons. The van der Waals surface area contributed by atoms with Gasteiger partial charge in [0.1, 0.15) is 11.6 Å². The molecule has 0 aliphatic heterocycles. The molecule has 0 saturated heterocycles. The second-order valence-corrected chi connectivity index (χ2v) is 9.59. The number of aromatic nitrogens is 1. The lowest BCUT2D eigenvalue weighted by molar-refractivity contribution is 0.0914.